The molecule has 0 aromatic heterocycles. The second-order valence-electron chi connectivity index (χ2n) is 4.60. The largest absolute Gasteiger partial charge is 0.396 e. The van der Waals surface area contributed by atoms with Crippen LogP contribution in [-0.2, 0) is 0 Å². The summed E-state index contributed by atoms with van der Waals surface area (Å²) >= 11 is 0. The van der Waals surface area contributed by atoms with E-state index in [0.717, 1.165) is 19.3 Å². The second-order valence-corrected chi connectivity index (χ2v) is 4.60. The Balaban J connectivity index is 3.89. The van der Waals surface area contributed by atoms with Crippen LogP contribution < -0.4 is 0 Å². The van der Waals surface area contributed by atoms with Gasteiger partial charge >= 0.3 is 0 Å². The molecule has 0 aromatic carbocycles. The van der Waals surface area contributed by atoms with Crippen molar-refractivity contribution in [3.05, 3.63) is 23.8 Å². The molecule has 0 fully saturated rings. The molecular formula is C14H26O. The summed E-state index contributed by atoms with van der Waals surface area (Å²) < 4.78 is 0. The van der Waals surface area contributed by atoms with Gasteiger partial charge < -0.3 is 5.11 Å². The van der Waals surface area contributed by atoms with Crippen LogP contribution in [0.25, 0.3) is 0 Å². The lowest BCUT2D eigenvalue weighted by atomic mass is 9.96. The third-order valence-corrected chi connectivity index (χ3v) is 2.47. The fraction of sp³-hybridized carbons (Fsp3) is 0.714. The molecule has 15 heavy (non-hydrogen) atoms. The van der Waals surface area contributed by atoms with Crippen LogP contribution in [0.4, 0.5) is 0 Å². The number of allylic oxidation sites excluding steroid dienone is 3. The minimum absolute atomic E-state index is 0.251. The summed E-state index contributed by atoms with van der Waals surface area (Å²) in [6.45, 7) is 8.90. The highest BCUT2D eigenvalue weighted by Crippen LogP contribution is 2.16. The fourth-order valence-corrected chi connectivity index (χ4v) is 1.73. The van der Waals surface area contributed by atoms with E-state index in [9.17, 15) is 0 Å². The molecule has 2 atom stereocenters. The molecule has 1 N–H and O–H groups in total. The van der Waals surface area contributed by atoms with Crippen molar-refractivity contribution < 1.29 is 5.11 Å². The van der Waals surface area contributed by atoms with Crippen molar-refractivity contribution in [2.24, 2.45) is 11.8 Å². The maximum atomic E-state index is 8.94. The highest BCUT2D eigenvalue weighted by Gasteiger charge is 2.02. The summed E-state index contributed by atoms with van der Waals surface area (Å²) in [5.41, 5.74) is 1.40. The van der Waals surface area contributed by atoms with Gasteiger partial charge in [-0.15, -0.1) is 0 Å². The summed E-state index contributed by atoms with van der Waals surface area (Å²) in [5, 5.41) is 8.94. The summed E-state index contributed by atoms with van der Waals surface area (Å²) in [7, 11) is 0. The Morgan fingerprint density at radius 1 is 1.27 bits per heavy atom. The molecule has 0 aliphatic heterocycles. The Morgan fingerprint density at radius 3 is 2.47 bits per heavy atom. The van der Waals surface area contributed by atoms with Gasteiger partial charge in [0.15, 0.2) is 0 Å². The van der Waals surface area contributed by atoms with Crippen molar-refractivity contribution in [3.63, 3.8) is 0 Å². The first-order valence-corrected chi connectivity index (χ1v) is 6.03. The zero-order chi connectivity index (χ0) is 11.7. The van der Waals surface area contributed by atoms with Crippen LogP contribution in [-0.4, -0.2) is 11.7 Å². The molecule has 1 nitrogen and oxygen atoms in total. The molecule has 0 radical (unpaired) electrons. The SMILES string of the molecule is CCC=CCC(C)CC(C)=CC(C)CO. The van der Waals surface area contributed by atoms with E-state index in [1.807, 2.05) is 6.92 Å². The van der Waals surface area contributed by atoms with E-state index in [1.54, 1.807) is 0 Å². The summed E-state index contributed by atoms with van der Waals surface area (Å²) in [6, 6.07) is 0. The highest BCUT2D eigenvalue weighted by atomic mass is 16.3. The molecule has 0 aliphatic carbocycles. The van der Waals surface area contributed by atoms with Gasteiger partial charge in [-0.3, -0.25) is 0 Å². The molecule has 0 spiro atoms. The molecule has 0 heterocycles. The molecule has 0 aliphatic rings. The first kappa shape index (κ1) is 14.4. The van der Waals surface area contributed by atoms with Gasteiger partial charge in [-0.25, -0.2) is 0 Å². The molecule has 0 bridgehead atoms. The fourth-order valence-electron chi connectivity index (χ4n) is 1.73. The molecule has 0 saturated carbocycles. The predicted octanol–water partition coefficient (Wildman–Crippen LogP) is 3.94. The van der Waals surface area contributed by atoms with Gasteiger partial charge in [-0.05, 0) is 38.0 Å². The maximum Gasteiger partial charge on any atom is 0.0491 e. The van der Waals surface area contributed by atoms with Crippen LogP contribution >= 0.6 is 0 Å². The van der Waals surface area contributed by atoms with E-state index in [0.29, 0.717) is 11.8 Å². The average molecular weight is 210 g/mol. The van der Waals surface area contributed by atoms with Crippen molar-refractivity contribution >= 4 is 0 Å². The number of aliphatic hydroxyl groups is 1. The van der Waals surface area contributed by atoms with Gasteiger partial charge in [0.1, 0.15) is 0 Å². The first-order chi connectivity index (χ1) is 7.10. The van der Waals surface area contributed by atoms with Gasteiger partial charge in [-0.1, -0.05) is 44.6 Å². The van der Waals surface area contributed by atoms with E-state index < -0.39 is 0 Å². The van der Waals surface area contributed by atoms with E-state index in [-0.39, 0.29) is 6.61 Å². The van der Waals surface area contributed by atoms with E-state index in [4.69, 9.17) is 5.11 Å². The van der Waals surface area contributed by atoms with E-state index in [1.165, 1.54) is 5.57 Å². The quantitative estimate of drug-likeness (QED) is 0.631. The normalized spacial score (nSPS) is 17.0. The van der Waals surface area contributed by atoms with Crippen molar-refractivity contribution in [2.45, 2.75) is 47.0 Å². The van der Waals surface area contributed by atoms with E-state index in [2.05, 4.69) is 39.0 Å². The molecule has 1 heteroatoms. The smallest absolute Gasteiger partial charge is 0.0491 e. The lowest BCUT2D eigenvalue weighted by molar-refractivity contribution is 0.261. The first-order valence-electron chi connectivity index (χ1n) is 6.03. The number of hydrogen-bond acceptors (Lipinski definition) is 1. The Morgan fingerprint density at radius 2 is 1.93 bits per heavy atom. The van der Waals surface area contributed by atoms with Crippen LogP contribution in [0.15, 0.2) is 23.8 Å². The van der Waals surface area contributed by atoms with Crippen molar-refractivity contribution in [3.8, 4) is 0 Å². The highest BCUT2D eigenvalue weighted by molar-refractivity contribution is 5.01. The van der Waals surface area contributed by atoms with Gasteiger partial charge in [0, 0.05) is 6.61 Å². The average Bonchev–Trinajstić information content (AvgIpc) is 2.17. The maximum absolute atomic E-state index is 8.94. The van der Waals surface area contributed by atoms with Crippen LogP contribution in [0, 0.1) is 11.8 Å². The van der Waals surface area contributed by atoms with Gasteiger partial charge in [-0.2, -0.15) is 0 Å². The molecule has 0 aromatic rings. The van der Waals surface area contributed by atoms with Crippen molar-refractivity contribution in [1.29, 1.82) is 0 Å². The standard InChI is InChI=1S/C14H26O/c1-5-6-7-8-12(2)9-13(3)10-14(4)11-15/h6-7,10,12,14-15H,5,8-9,11H2,1-4H3. The monoisotopic (exact) mass is 210 g/mol. The van der Waals surface area contributed by atoms with Crippen LogP contribution in [0.5, 0.6) is 0 Å². The molecule has 0 amide bonds. The van der Waals surface area contributed by atoms with E-state index >= 15 is 0 Å². The third-order valence-electron chi connectivity index (χ3n) is 2.47. The van der Waals surface area contributed by atoms with Crippen molar-refractivity contribution in [2.75, 3.05) is 6.61 Å². The lowest BCUT2D eigenvalue weighted by Gasteiger charge is -2.10. The summed E-state index contributed by atoms with van der Waals surface area (Å²) in [4.78, 5) is 0. The number of aliphatic hydroxyl groups excluding tert-OH is 1. The molecule has 0 saturated heterocycles. The Hall–Kier alpha value is -0.560. The zero-order valence-electron chi connectivity index (χ0n) is 10.7. The lowest BCUT2D eigenvalue weighted by Crippen LogP contribution is -1.99. The Kier molecular flexibility index (Phi) is 8.40. The second kappa shape index (κ2) is 8.72. The zero-order valence-corrected chi connectivity index (χ0v) is 10.7. The minimum atomic E-state index is 0.251. The van der Waals surface area contributed by atoms with Gasteiger partial charge in [0.2, 0.25) is 0 Å². The minimum Gasteiger partial charge on any atom is -0.396 e. The third kappa shape index (κ3) is 8.44. The summed E-state index contributed by atoms with van der Waals surface area (Å²) in [6.07, 6.45) is 10.1. The van der Waals surface area contributed by atoms with Gasteiger partial charge in [0.05, 0.1) is 0 Å². The van der Waals surface area contributed by atoms with Crippen molar-refractivity contribution in [1.82, 2.24) is 0 Å². The predicted molar refractivity (Wildman–Crippen MR) is 67.8 cm³/mol. The van der Waals surface area contributed by atoms with Crippen LogP contribution in [0.3, 0.4) is 0 Å². The number of hydrogen-bond donors (Lipinski definition) is 1. The summed E-state index contributed by atoms with van der Waals surface area (Å²) in [5.74, 6) is 0.998. The molecule has 88 valence electrons. The van der Waals surface area contributed by atoms with Gasteiger partial charge in [0.25, 0.3) is 0 Å². The van der Waals surface area contributed by atoms with Crippen LogP contribution in [0.1, 0.15) is 47.0 Å². The Bertz CT molecular complexity index is 203. The molecule has 2 unspecified atom stereocenters. The van der Waals surface area contributed by atoms with Crippen LogP contribution in [0.2, 0.25) is 0 Å². The molecular weight excluding hydrogens is 184 g/mol. The molecule has 0 rings (SSSR count). The topological polar surface area (TPSA) is 20.2 Å². The Labute approximate surface area is 94.9 Å². The number of rotatable bonds is 7.